The van der Waals surface area contributed by atoms with E-state index in [2.05, 4.69) is 23.4 Å². The van der Waals surface area contributed by atoms with Crippen molar-refractivity contribution in [3.8, 4) is 0 Å². The molecule has 0 atom stereocenters. The van der Waals surface area contributed by atoms with E-state index < -0.39 is 0 Å². The minimum absolute atomic E-state index is 0.288. The normalized spacial score (nSPS) is 18.8. The number of nitrogens with zero attached hydrogens (tertiary/aromatic N) is 2. The van der Waals surface area contributed by atoms with Crippen LogP contribution in [0.4, 0.5) is 0 Å². The predicted molar refractivity (Wildman–Crippen MR) is 59.7 cm³/mol. The average Bonchev–Trinajstić information content (AvgIpc) is 2.20. The molecule has 1 saturated heterocycles. The summed E-state index contributed by atoms with van der Waals surface area (Å²) in [5.41, 5.74) is 0.466. The molecule has 15 heavy (non-hydrogen) atoms. The maximum absolute atomic E-state index is 11.1. The third-order valence-electron chi connectivity index (χ3n) is 2.59. The van der Waals surface area contributed by atoms with Gasteiger partial charge >= 0.3 is 5.97 Å². The fourth-order valence-electron chi connectivity index (χ4n) is 1.46. The lowest BCUT2D eigenvalue weighted by atomic mass is 10.3. The standard InChI is InChI=1S/C11H20N2O2/c1-10(2)11(14)15-9-8-13-6-4-12(3)5-7-13/h1,4-9H2,2-3H3. The number of piperazine rings is 1. The highest BCUT2D eigenvalue weighted by atomic mass is 16.5. The first-order chi connectivity index (χ1) is 7.09. The van der Waals surface area contributed by atoms with Crippen molar-refractivity contribution < 1.29 is 9.53 Å². The number of esters is 1. The van der Waals surface area contributed by atoms with Crippen molar-refractivity contribution in [3.63, 3.8) is 0 Å². The van der Waals surface area contributed by atoms with E-state index in [1.807, 2.05) is 0 Å². The molecule has 1 aliphatic rings. The number of hydrogen-bond acceptors (Lipinski definition) is 4. The zero-order chi connectivity index (χ0) is 11.3. The largest absolute Gasteiger partial charge is 0.461 e. The van der Waals surface area contributed by atoms with Gasteiger partial charge in [-0.05, 0) is 14.0 Å². The number of carbonyl (C=O) groups excluding carboxylic acids is 1. The Hall–Kier alpha value is -0.870. The quantitative estimate of drug-likeness (QED) is 0.497. The Labute approximate surface area is 91.5 Å². The summed E-state index contributed by atoms with van der Waals surface area (Å²) in [5.74, 6) is -0.288. The zero-order valence-corrected chi connectivity index (χ0v) is 9.66. The molecule has 0 aromatic heterocycles. The SMILES string of the molecule is C=C(C)C(=O)OCCN1CCN(C)CC1. The van der Waals surface area contributed by atoms with E-state index in [1.165, 1.54) is 0 Å². The lowest BCUT2D eigenvalue weighted by Gasteiger charge is -2.32. The van der Waals surface area contributed by atoms with Crippen LogP contribution in [-0.4, -0.2) is 62.1 Å². The predicted octanol–water partition coefficient (Wildman–Crippen LogP) is 0.353. The summed E-state index contributed by atoms with van der Waals surface area (Å²) in [6, 6.07) is 0. The van der Waals surface area contributed by atoms with Crippen molar-refractivity contribution in [1.29, 1.82) is 0 Å². The van der Waals surface area contributed by atoms with Crippen LogP contribution in [0.25, 0.3) is 0 Å². The summed E-state index contributed by atoms with van der Waals surface area (Å²) in [6.45, 7) is 10.8. The van der Waals surface area contributed by atoms with Gasteiger partial charge in [0.1, 0.15) is 6.61 Å². The zero-order valence-electron chi connectivity index (χ0n) is 9.66. The molecule has 0 aromatic carbocycles. The molecule has 0 radical (unpaired) electrons. The minimum atomic E-state index is -0.288. The van der Waals surface area contributed by atoms with Crippen molar-refractivity contribution in [2.75, 3.05) is 46.4 Å². The summed E-state index contributed by atoms with van der Waals surface area (Å²) in [7, 11) is 2.12. The second-order valence-corrected chi connectivity index (χ2v) is 4.06. The Morgan fingerprint density at radius 1 is 1.33 bits per heavy atom. The van der Waals surface area contributed by atoms with Crippen molar-refractivity contribution >= 4 is 5.97 Å². The third-order valence-corrected chi connectivity index (χ3v) is 2.59. The molecule has 0 amide bonds. The van der Waals surface area contributed by atoms with Crippen molar-refractivity contribution in [1.82, 2.24) is 9.80 Å². The molecular weight excluding hydrogens is 192 g/mol. The molecule has 0 N–H and O–H groups in total. The van der Waals surface area contributed by atoms with Crippen LogP contribution in [0.3, 0.4) is 0 Å². The smallest absolute Gasteiger partial charge is 0.333 e. The number of ether oxygens (including phenoxy) is 1. The van der Waals surface area contributed by atoms with E-state index in [0.29, 0.717) is 12.2 Å². The van der Waals surface area contributed by atoms with Gasteiger partial charge in [0, 0.05) is 38.3 Å². The van der Waals surface area contributed by atoms with Crippen molar-refractivity contribution in [2.45, 2.75) is 6.92 Å². The van der Waals surface area contributed by atoms with Gasteiger partial charge in [-0.15, -0.1) is 0 Å². The first-order valence-corrected chi connectivity index (χ1v) is 5.33. The number of carbonyl (C=O) groups is 1. The first-order valence-electron chi connectivity index (χ1n) is 5.33. The van der Waals surface area contributed by atoms with Crippen LogP contribution >= 0.6 is 0 Å². The molecule has 1 heterocycles. The molecule has 0 aliphatic carbocycles. The monoisotopic (exact) mass is 212 g/mol. The van der Waals surface area contributed by atoms with E-state index in [-0.39, 0.29) is 5.97 Å². The topological polar surface area (TPSA) is 32.8 Å². The Morgan fingerprint density at radius 2 is 1.93 bits per heavy atom. The summed E-state index contributed by atoms with van der Waals surface area (Å²) >= 11 is 0. The van der Waals surface area contributed by atoms with Gasteiger partial charge in [0.25, 0.3) is 0 Å². The van der Waals surface area contributed by atoms with Crippen LogP contribution < -0.4 is 0 Å². The van der Waals surface area contributed by atoms with E-state index in [9.17, 15) is 4.79 Å². The van der Waals surface area contributed by atoms with Crippen LogP contribution in [0, 0.1) is 0 Å². The van der Waals surface area contributed by atoms with E-state index in [0.717, 1.165) is 32.7 Å². The Balaban J connectivity index is 2.10. The van der Waals surface area contributed by atoms with Crippen LogP contribution in [-0.2, 0) is 9.53 Å². The molecule has 1 fully saturated rings. The lowest BCUT2D eigenvalue weighted by Crippen LogP contribution is -2.45. The van der Waals surface area contributed by atoms with Gasteiger partial charge in [0.2, 0.25) is 0 Å². The molecule has 0 unspecified atom stereocenters. The summed E-state index contributed by atoms with van der Waals surface area (Å²) < 4.78 is 5.04. The van der Waals surface area contributed by atoms with Gasteiger partial charge in [-0.2, -0.15) is 0 Å². The highest BCUT2D eigenvalue weighted by molar-refractivity contribution is 5.86. The van der Waals surface area contributed by atoms with Gasteiger partial charge in [0.15, 0.2) is 0 Å². The van der Waals surface area contributed by atoms with Gasteiger partial charge in [0.05, 0.1) is 0 Å². The first kappa shape index (κ1) is 12.2. The lowest BCUT2D eigenvalue weighted by molar-refractivity contribution is -0.139. The number of hydrogen-bond donors (Lipinski definition) is 0. The van der Waals surface area contributed by atoms with Gasteiger partial charge in [-0.25, -0.2) is 4.79 Å². The van der Waals surface area contributed by atoms with Crippen LogP contribution in [0.15, 0.2) is 12.2 Å². The maximum atomic E-state index is 11.1. The van der Waals surface area contributed by atoms with Crippen molar-refractivity contribution in [3.05, 3.63) is 12.2 Å². The fourth-order valence-corrected chi connectivity index (χ4v) is 1.46. The second kappa shape index (κ2) is 5.88. The van der Waals surface area contributed by atoms with Gasteiger partial charge in [-0.3, -0.25) is 4.90 Å². The fraction of sp³-hybridized carbons (Fsp3) is 0.727. The molecular formula is C11H20N2O2. The molecule has 0 aromatic rings. The highest BCUT2D eigenvalue weighted by Gasteiger charge is 2.13. The Morgan fingerprint density at radius 3 is 2.47 bits per heavy atom. The second-order valence-electron chi connectivity index (χ2n) is 4.06. The molecule has 4 heteroatoms. The van der Waals surface area contributed by atoms with Gasteiger partial charge in [-0.1, -0.05) is 6.58 Å². The highest BCUT2D eigenvalue weighted by Crippen LogP contribution is 1.99. The van der Waals surface area contributed by atoms with E-state index in [1.54, 1.807) is 6.92 Å². The van der Waals surface area contributed by atoms with Crippen LogP contribution in [0.2, 0.25) is 0 Å². The summed E-state index contributed by atoms with van der Waals surface area (Å²) in [4.78, 5) is 15.7. The van der Waals surface area contributed by atoms with Crippen LogP contribution in [0.5, 0.6) is 0 Å². The minimum Gasteiger partial charge on any atom is -0.461 e. The molecule has 86 valence electrons. The summed E-state index contributed by atoms with van der Waals surface area (Å²) in [6.07, 6.45) is 0. The van der Waals surface area contributed by atoms with Crippen molar-refractivity contribution in [2.24, 2.45) is 0 Å². The van der Waals surface area contributed by atoms with Crippen LogP contribution in [0.1, 0.15) is 6.92 Å². The molecule has 0 saturated carbocycles. The molecule has 1 aliphatic heterocycles. The molecule has 0 bridgehead atoms. The maximum Gasteiger partial charge on any atom is 0.333 e. The van der Waals surface area contributed by atoms with Gasteiger partial charge < -0.3 is 9.64 Å². The average molecular weight is 212 g/mol. The Bertz CT molecular complexity index is 233. The van der Waals surface area contributed by atoms with E-state index in [4.69, 9.17) is 4.74 Å². The van der Waals surface area contributed by atoms with E-state index >= 15 is 0 Å². The molecule has 0 spiro atoms. The molecule has 4 nitrogen and oxygen atoms in total. The molecule has 1 rings (SSSR count). The Kier molecular flexibility index (Phi) is 4.78. The number of likely N-dealkylation sites (N-methyl/N-ethyl adjacent to an activating group) is 1. The summed E-state index contributed by atoms with van der Waals surface area (Å²) in [5, 5.41) is 0. The third kappa shape index (κ3) is 4.44. The number of rotatable bonds is 4.